The number of ether oxygens (including phenoxy) is 1. The quantitative estimate of drug-likeness (QED) is 0.746. The summed E-state index contributed by atoms with van der Waals surface area (Å²) in [6, 6.07) is 1.10. The van der Waals surface area contributed by atoms with Crippen LogP contribution in [0.15, 0.2) is 23.2 Å². The van der Waals surface area contributed by atoms with Gasteiger partial charge in [-0.3, -0.25) is 14.4 Å². The SMILES string of the molecule is COc1ncc(NC(=O)C(=O)N2C[C@@H](C)CC[C@@H]2c2cscn2)cc1C(N)=O. The number of likely N-dealkylation sites (tertiary alicyclic amines) is 1. The van der Waals surface area contributed by atoms with Gasteiger partial charge in [-0.2, -0.15) is 0 Å². The Balaban J connectivity index is 1.78. The molecule has 2 atom stereocenters. The van der Waals surface area contributed by atoms with Crippen molar-refractivity contribution in [2.75, 3.05) is 19.0 Å². The number of amides is 3. The summed E-state index contributed by atoms with van der Waals surface area (Å²) in [7, 11) is 1.35. The van der Waals surface area contributed by atoms with Crippen LogP contribution in [0.25, 0.3) is 0 Å². The van der Waals surface area contributed by atoms with Gasteiger partial charge in [-0.15, -0.1) is 11.3 Å². The first-order valence-electron chi connectivity index (χ1n) is 8.74. The molecule has 1 fully saturated rings. The van der Waals surface area contributed by atoms with Gasteiger partial charge >= 0.3 is 11.8 Å². The van der Waals surface area contributed by atoms with Gasteiger partial charge in [0.2, 0.25) is 5.88 Å². The zero-order valence-corrected chi connectivity index (χ0v) is 16.4. The number of nitrogens with zero attached hydrogens (tertiary/aromatic N) is 3. The van der Waals surface area contributed by atoms with Crippen LogP contribution in [0.4, 0.5) is 5.69 Å². The molecule has 0 aliphatic carbocycles. The van der Waals surface area contributed by atoms with E-state index in [9.17, 15) is 14.4 Å². The number of aromatic nitrogens is 2. The lowest BCUT2D eigenvalue weighted by Crippen LogP contribution is -2.46. The summed E-state index contributed by atoms with van der Waals surface area (Å²) in [6.07, 6.45) is 3.00. The smallest absolute Gasteiger partial charge is 0.313 e. The van der Waals surface area contributed by atoms with Gasteiger partial charge < -0.3 is 20.7 Å². The Labute approximate surface area is 165 Å². The van der Waals surface area contributed by atoms with E-state index in [1.54, 1.807) is 10.4 Å². The molecule has 0 spiro atoms. The molecule has 2 aromatic heterocycles. The Hall–Kier alpha value is -3.01. The van der Waals surface area contributed by atoms with Gasteiger partial charge in [-0.25, -0.2) is 9.97 Å². The largest absolute Gasteiger partial charge is 0.480 e. The minimum atomic E-state index is -0.809. The number of primary amides is 1. The monoisotopic (exact) mass is 403 g/mol. The highest BCUT2D eigenvalue weighted by molar-refractivity contribution is 7.07. The van der Waals surface area contributed by atoms with Crippen molar-refractivity contribution >= 4 is 34.7 Å². The van der Waals surface area contributed by atoms with Gasteiger partial charge in [0.1, 0.15) is 5.56 Å². The molecule has 10 heteroatoms. The van der Waals surface area contributed by atoms with E-state index in [0.717, 1.165) is 18.5 Å². The molecule has 0 bridgehead atoms. The van der Waals surface area contributed by atoms with E-state index in [1.165, 1.54) is 30.7 Å². The average Bonchev–Trinajstić information content (AvgIpc) is 3.21. The number of hydrogen-bond acceptors (Lipinski definition) is 7. The van der Waals surface area contributed by atoms with Crippen molar-refractivity contribution in [3.8, 4) is 5.88 Å². The van der Waals surface area contributed by atoms with Crippen LogP contribution in [0.3, 0.4) is 0 Å². The Morgan fingerprint density at radius 3 is 2.75 bits per heavy atom. The maximum absolute atomic E-state index is 12.8. The van der Waals surface area contributed by atoms with Crippen LogP contribution >= 0.6 is 11.3 Å². The first-order valence-corrected chi connectivity index (χ1v) is 9.68. The molecule has 1 aliphatic rings. The van der Waals surface area contributed by atoms with Crippen LogP contribution in [0, 0.1) is 5.92 Å². The molecule has 9 nitrogen and oxygen atoms in total. The number of carbonyl (C=O) groups is 3. The zero-order chi connectivity index (χ0) is 20.3. The van der Waals surface area contributed by atoms with Crippen molar-refractivity contribution < 1.29 is 19.1 Å². The fourth-order valence-electron chi connectivity index (χ4n) is 3.25. The molecular weight excluding hydrogens is 382 g/mol. The molecule has 0 saturated carbocycles. The first-order chi connectivity index (χ1) is 13.4. The summed E-state index contributed by atoms with van der Waals surface area (Å²) in [4.78, 5) is 46.7. The van der Waals surface area contributed by atoms with Gasteiger partial charge in [0.05, 0.1) is 36.2 Å². The third-order valence-corrected chi connectivity index (χ3v) is 5.24. The van der Waals surface area contributed by atoms with Gasteiger partial charge in [0, 0.05) is 11.9 Å². The number of carbonyl (C=O) groups excluding carboxylic acids is 3. The molecule has 0 unspecified atom stereocenters. The normalized spacial score (nSPS) is 19.1. The third kappa shape index (κ3) is 4.11. The lowest BCUT2D eigenvalue weighted by Gasteiger charge is -2.37. The maximum atomic E-state index is 12.8. The molecule has 3 rings (SSSR count). The summed E-state index contributed by atoms with van der Waals surface area (Å²) in [5.74, 6) is -1.88. The lowest BCUT2D eigenvalue weighted by atomic mass is 9.92. The second-order valence-electron chi connectivity index (χ2n) is 6.67. The van der Waals surface area contributed by atoms with Crippen LogP contribution in [-0.2, 0) is 9.59 Å². The molecule has 148 valence electrons. The molecule has 3 amide bonds. The number of pyridine rings is 1. The molecule has 3 N–H and O–H groups in total. The van der Waals surface area contributed by atoms with E-state index < -0.39 is 17.7 Å². The zero-order valence-electron chi connectivity index (χ0n) is 15.5. The third-order valence-electron chi connectivity index (χ3n) is 4.63. The molecule has 1 aliphatic heterocycles. The standard InChI is InChI=1S/C18H21N5O4S/c1-10-3-4-14(13-8-28-9-21-13)23(7-10)18(26)16(25)22-11-5-12(15(19)24)17(27-2)20-6-11/h5-6,8-10,14H,3-4,7H2,1-2H3,(H2,19,24)(H,22,25)/t10-,14+/m0/s1. The van der Waals surface area contributed by atoms with E-state index in [4.69, 9.17) is 10.5 Å². The van der Waals surface area contributed by atoms with E-state index >= 15 is 0 Å². The highest BCUT2D eigenvalue weighted by Crippen LogP contribution is 2.33. The summed E-state index contributed by atoms with van der Waals surface area (Å²) in [5, 5.41) is 4.39. The molecule has 0 radical (unpaired) electrons. The van der Waals surface area contributed by atoms with Crippen molar-refractivity contribution in [2.45, 2.75) is 25.8 Å². The van der Waals surface area contributed by atoms with Crippen molar-refractivity contribution in [3.05, 3.63) is 34.4 Å². The molecule has 2 aromatic rings. The van der Waals surface area contributed by atoms with Crippen LogP contribution in [0.1, 0.15) is 41.9 Å². The molecule has 1 saturated heterocycles. The number of hydrogen-bond donors (Lipinski definition) is 2. The summed E-state index contributed by atoms with van der Waals surface area (Å²) < 4.78 is 4.97. The second-order valence-corrected chi connectivity index (χ2v) is 7.39. The predicted molar refractivity (Wildman–Crippen MR) is 103 cm³/mol. The number of piperidine rings is 1. The summed E-state index contributed by atoms with van der Waals surface area (Å²) in [5.41, 5.74) is 8.00. The minimum Gasteiger partial charge on any atom is -0.480 e. The first kappa shape index (κ1) is 19.7. The van der Waals surface area contributed by atoms with Crippen LogP contribution in [0.2, 0.25) is 0 Å². The molecule has 3 heterocycles. The maximum Gasteiger partial charge on any atom is 0.313 e. The van der Waals surface area contributed by atoms with Gasteiger partial charge in [0.25, 0.3) is 5.91 Å². The van der Waals surface area contributed by atoms with Crippen LogP contribution in [0.5, 0.6) is 5.88 Å². The topological polar surface area (TPSA) is 128 Å². The number of nitrogens with two attached hydrogens (primary N) is 1. The van der Waals surface area contributed by atoms with Crippen molar-refractivity contribution in [1.82, 2.24) is 14.9 Å². The number of rotatable bonds is 4. The lowest BCUT2D eigenvalue weighted by molar-refractivity contribution is -0.146. The van der Waals surface area contributed by atoms with E-state index in [1.807, 2.05) is 12.3 Å². The molecule has 0 aromatic carbocycles. The predicted octanol–water partition coefficient (Wildman–Crippen LogP) is 1.58. The van der Waals surface area contributed by atoms with Gasteiger partial charge in [0.15, 0.2) is 0 Å². The van der Waals surface area contributed by atoms with Crippen molar-refractivity contribution in [3.63, 3.8) is 0 Å². The number of nitrogens with one attached hydrogen (secondary N) is 1. The Bertz CT molecular complexity index is 886. The highest BCUT2D eigenvalue weighted by atomic mass is 32.1. The minimum absolute atomic E-state index is 0.0136. The second kappa shape index (κ2) is 8.34. The number of thiazole rings is 1. The Morgan fingerprint density at radius 2 is 2.11 bits per heavy atom. The van der Waals surface area contributed by atoms with Gasteiger partial charge in [-0.05, 0) is 24.8 Å². The Morgan fingerprint density at radius 1 is 1.32 bits per heavy atom. The number of anilines is 1. The average molecular weight is 403 g/mol. The van der Waals surface area contributed by atoms with E-state index in [0.29, 0.717) is 6.54 Å². The number of methoxy groups -OCH3 is 1. The molecule has 28 heavy (non-hydrogen) atoms. The van der Waals surface area contributed by atoms with Crippen molar-refractivity contribution in [2.24, 2.45) is 11.7 Å². The molecular formula is C18H21N5O4S. The highest BCUT2D eigenvalue weighted by Gasteiger charge is 2.35. The fraction of sp³-hybridized carbons (Fsp3) is 0.389. The van der Waals surface area contributed by atoms with Crippen LogP contribution < -0.4 is 15.8 Å². The van der Waals surface area contributed by atoms with E-state index in [2.05, 4.69) is 15.3 Å². The van der Waals surface area contributed by atoms with Crippen molar-refractivity contribution in [1.29, 1.82) is 0 Å². The Kier molecular flexibility index (Phi) is 5.88. The van der Waals surface area contributed by atoms with E-state index in [-0.39, 0.29) is 29.1 Å². The van der Waals surface area contributed by atoms with Gasteiger partial charge in [-0.1, -0.05) is 6.92 Å². The summed E-state index contributed by atoms with van der Waals surface area (Å²) in [6.45, 7) is 2.52. The van der Waals surface area contributed by atoms with Crippen LogP contribution in [-0.4, -0.2) is 46.2 Å². The summed E-state index contributed by atoms with van der Waals surface area (Å²) >= 11 is 1.45. The fourth-order valence-corrected chi connectivity index (χ4v) is 3.85.